The molecule has 0 aromatic heterocycles. The van der Waals surface area contributed by atoms with Crippen LogP contribution in [0.25, 0.3) is 0 Å². The molecule has 0 saturated heterocycles. The van der Waals surface area contributed by atoms with Crippen LogP contribution in [0.1, 0.15) is 27.2 Å². The van der Waals surface area contributed by atoms with Crippen LogP contribution in [0.15, 0.2) is 11.6 Å². The lowest BCUT2D eigenvalue weighted by Gasteiger charge is -1.84. The highest BCUT2D eigenvalue weighted by atomic mass is 16.4. The molecule has 0 aromatic carbocycles. The Bertz CT molecular complexity index is 119. The average molecular weight is 160 g/mol. The van der Waals surface area contributed by atoms with Crippen LogP contribution in [-0.2, 0) is 4.79 Å². The third-order valence-corrected chi connectivity index (χ3v) is 0.682. The summed E-state index contributed by atoms with van der Waals surface area (Å²) in [6.45, 7) is 5.40. The van der Waals surface area contributed by atoms with E-state index in [4.69, 9.17) is 15.0 Å². The van der Waals surface area contributed by atoms with Crippen LogP contribution in [0.5, 0.6) is 0 Å². The SMILES string of the molecule is CC(=O)O.CC(C)=CCCO. The number of hydrogen-bond acceptors (Lipinski definition) is 2. The first-order valence-corrected chi connectivity index (χ1v) is 3.44. The third kappa shape index (κ3) is 46.9. The Morgan fingerprint density at radius 2 is 1.73 bits per heavy atom. The molecule has 0 fully saturated rings. The van der Waals surface area contributed by atoms with Crippen molar-refractivity contribution in [3.8, 4) is 0 Å². The first-order valence-electron chi connectivity index (χ1n) is 3.44. The number of allylic oxidation sites excluding steroid dienone is 1. The first-order chi connectivity index (χ1) is 5.00. The fourth-order valence-electron chi connectivity index (χ4n) is 0.353. The van der Waals surface area contributed by atoms with E-state index in [1.807, 2.05) is 19.9 Å². The van der Waals surface area contributed by atoms with Crippen LogP contribution in [0.4, 0.5) is 0 Å². The van der Waals surface area contributed by atoms with Crippen molar-refractivity contribution in [1.82, 2.24) is 0 Å². The summed E-state index contributed by atoms with van der Waals surface area (Å²) in [5, 5.41) is 15.7. The summed E-state index contributed by atoms with van der Waals surface area (Å²) in [6, 6.07) is 0. The zero-order chi connectivity index (χ0) is 9.28. The van der Waals surface area contributed by atoms with Gasteiger partial charge in [0.1, 0.15) is 0 Å². The third-order valence-electron chi connectivity index (χ3n) is 0.682. The smallest absolute Gasteiger partial charge is 0.300 e. The lowest BCUT2D eigenvalue weighted by molar-refractivity contribution is -0.134. The summed E-state index contributed by atoms with van der Waals surface area (Å²) in [4.78, 5) is 9.00. The molecule has 0 saturated carbocycles. The van der Waals surface area contributed by atoms with Gasteiger partial charge < -0.3 is 10.2 Å². The van der Waals surface area contributed by atoms with Gasteiger partial charge in [0.25, 0.3) is 5.97 Å². The number of aliphatic hydroxyl groups excluding tert-OH is 1. The summed E-state index contributed by atoms with van der Waals surface area (Å²) in [6.07, 6.45) is 2.81. The van der Waals surface area contributed by atoms with Gasteiger partial charge in [-0.2, -0.15) is 0 Å². The van der Waals surface area contributed by atoms with Crippen LogP contribution in [0.3, 0.4) is 0 Å². The van der Waals surface area contributed by atoms with Crippen LogP contribution in [-0.4, -0.2) is 22.8 Å². The maximum absolute atomic E-state index is 9.00. The van der Waals surface area contributed by atoms with Crippen LogP contribution >= 0.6 is 0 Å². The maximum Gasteiger partial charge on any atom is 0.300 e. The van der Waals surface area contributed by atoms with Crippen LogP contribution < -0.4 is 0 Å². The minimum atomic E-state index is -0.833. The molecule has 0 aliphatic rings. The molecule has 0 radical (unpaired) electrons. The normalized spacial score (nSPS) is 7.64. The largest absolute Gasteiger partial charge is 0.481 e. The second-order valence-electron chi connectivity index (χ2n) is 2.31. The van der Waals surface area contributed by atoms with E-state index >= 15 is 0 Å². The predicted molar refractivity (Wildman–Crippen MR) is 44.4 cm³/mol. The molecule has 0 spiro atoms. The molecule has 11 heavy (non-hydrogen) atoms. The van der Waals surface area contributed by atoms with E-state index in [2.05, 4.69) is 0 Å². The standard InChI is InChI=1S/C6H12O.C2H4O2/c1-6(2)4-3-5-7;1-2(3)4/h4,7H,3,5H2,1-2H3;1H3,(H,3,4). The fourth-order valence-corrected chi connectivity index (χ4v) is 0.353. The average Bonchev–Trinajstić information content (AvgIpc) is 1.82. The molecule has 0 bridgehead atoms. The number of carboxylic acid groups (broad SMARTS) is 1. The summed E-state index contributed by atoms with van der Waals surface area (Å²) < 4.78 is 0. The van der Waals surface area contributed by atoms with Gasteiger partial charge in [-0.15, -0.1) is 0 Å². The summed E-state index contributed by atoms with van der Waals surface area (Å²) >= 11 is 0. The molecule has 0 aromatic rings. The van der Waals surface area contributed by atoms with Gasteiger partial charge in [0, 0.05) is 13.5 Å². The molecule has 0 heterocycles. The molecule has 66 valence electrons. The molecule has 0 atom stereocenters. The highest BCUT2D eigenvalue weighted by Gasteiger charge is 1.74. The summed E-state index contributed by atoms with van der Waals surface area (Å²) in [7, 11) is 0. The Kier molecular flexibility index (Phi) is 10.7. The molecule has 3 nitrogen and oxygen atoms in total. The van der Waals surface area contributed by atoms with Gasteiger partial charge in [0.15, 0.2) is 0 Å². The molecule has 0 aliphatic carbocycles. The predicted octanol–water partition coefficient (Wildman–Crippen LogP) is 1.43. The van der Waals surface area contributed by atoms with Gasteiger partial charge in [-0.1, -0.05) is 11.6 Å². The quantitative estimate of drug-likeness (QED) is 0.601. The number of rotatable bonds is 2. The second kappa shape index (κ2) is 9.17. The number of aliphatic carboxylic acids is 1. The van der Waals surface area contributed by atoms with E-state index in [0.717, 1.165) is 13.3 Å². The number of hydrogen-bond donors (Lipinski definition) is 2. The monoisotopic (exact) mass is 160 g/mol. The molecule has 2 N–H and O–H groups in total. The minimum absolute atomic E-state index is 0.269. The van der Waals surface area contributed by atoms with Crippen molar-refractivity contribution >= 4 is 5.97 Å². The van der Waals surface area contributed by atoms with Crippen molar-refractivity contribution in [2.45, 2.75) is 27.2 Å². The van der Waals surface area contributed by atoms with Crippen molar-refractivity contribution in [3.05, 3.63) is 11.6 Å². The van der Waals surface area contributed by atoms with Crippen molar-refractivity contribution in [3.63, 3.8) is 0 Å². The lowest BCUT2D eigenvalue weighted by atomic mass is 10.3. The molecule has 0 amide bonds. The Labute approximate surface area is 67.4 Å². The highest BCUT2D eigenvalue weighted by Crippen LogP contribution is 1.89. The molecule has 0 aliphatic heterocycles. The molecular formula is C8H16O3. The van der Waals surface area contributed by atoms with Crippen LogP contribution in [0, 0.1) is 0 Å². The number of carbonyl (C=O) groups is 1. The van der Waals surface area contributed by atoms with Crippen molar-refractivity contribution in [1.29, 1.82) is 0 Å². The fraction of sp³-hybridized carbons (Fsp3) is 0.625. The van der Waals surface area contributed by atoms with Gasteiger partial charge in [0.05, 0.1) is 0 Å². The minimum Gasteiger partial charge on any atom is -0.481 e. The van der Waals surface area contributed by atoms with Crippen LogP contribution in [0.2, 0.25) is 0 Å². The zero-order valence-corrected chi connectivity index (χ0v) is 7.29. The van der Waals surface area contributed by atoms with Gasteiger partial charge in [-0.3, -0.25) is 4.79 Å². The van der Waals surface area contributed by atoms with E-state index in [0.29, 0.717) is 0 Å². The van der Waals surface area contributed by atoms with Crippen molar-refractivity contribution < 1.29 is 15.0 Å². The first kappa shape index (κ1) is 12.8. The molecule has 0 unspecified atom stereocenters. The van der Waals surface area contributed by atoms with E-state index in [1.165, 1.54) is 5.57 Å². The van der Waals surface area contributed by atoms with E-state index < -0.39 is 5.97 Å². The van der Waals surface area contributed by atoms with E-state index in [9.17, 15) is 0 Å². The van der Waals surface area contributed by atoms with Gasteiger partial charge in [0.2, 0.25) is 0 Å². The number of carboxylic acids is 1. The lowest BCUT2D eigenvalue weighted by Crippen LogP contribution is -1.78. The topological polar surface area (TPSA) is 57.5 Å². The Hall–Kier alpha value is -0.830. The zero-order valence-electron chi connectivity index (χ0n) is 7.29. The second-order valence-corrected chi connectivity index (χ2v) is 2.31. The van der Waals surface area contributed by atoms with E-state index in [1.54, 1.807) is 0 Å². The van der Waals surface area contributed by atoms with Gasteiger partial charge in [-0.05, 0) is 20.3 Å². The Morgan fingerprint density at radius 1 is 1.36 bits per heavy atom. The Balaban J connectivity index is 0. The maximum atomic E-state index is 9.00. The number of aliphatic hydroxyl groups is 1. The van der Waals surface area contributed by atoms with Gasteiger partial charge >= 0.3 is 0 Å². The molecular weight excluding hydrogens is 144 g/mol. The Morgan fingerprint density at radius 3 is 1.82 bits per heavy atom. The molecule has 0 rings (SSSR count). The molecule has 3 heteroatoms. The summed E-state index contributed by atoms with van der Waals surface area (Å²) in [5.41, 5.74) is 1.27. The van der Waals surface area contributed by atoms with E-state index in [-0.39, 0.29) is 6.61 Å². The highest BCUT2D eigenvalue weighted by molar-refractivity contribution is 5.62. The van der Waals surface area contributed by atoms with Crippen molar-refractivity contribution in [2.24, 2.45) is 0 Å². The van der Waals surface area contributed by atoms with Gasteiger partial charge in [-0.25, -0.2) is 0 Å². The summed E-state index contributed by atoms with van der Waals surface area (Å²) in [5.74, 6) is -0.833. The van der Waals surface area contributed by atoms with Crippen molar-refractivity contribution in [2.75, 3.05) is 6.61 Å².